The third-order valence-corrected chi connectivity index (χ3v) is 11.3. The molecule has 10 nitrogen and oxygen atoms in total. The zero-order valence-electron chi connectivity index (χ0n) is 8.81. The molecule has 0 fully saturated rings. The van der Waals surface area contributed by atoms with E-state index in [2.05, 4.69) is 0 Å². The van der Waals surface area contributed by atoms with Gasteiger partial charge in [-0.1, -0.05) is 0 Å². The number of rotatable bonds is 3. The van der Waals surface area contributed by atoms with Gasteiger partial charge in [-0.3, -0.25) is 0 Å². The Balaban J connectivity index is 6.08. The second kappa shape index (κ2) is 3.07. The van der Waals surface area contributed by atoms with Gasteiger partial charge >= 0.3 is 90.6 Å². The molecular formula is C3H18NO9P3. The van der Waals surface area contributed by atoms with Crippen LogP contribution in [0.2, 0.25) is 0 Å². The maximum atomic E-state index is 9.22. The van der Waals surface area contributed by atoms with Crippen molar-refractivity contribution in [1.82, 2.24) is 4.21 Å². The molecule has 0 aliphatic carbocycles. The van der Waals surface area contributed by atoms with E-state index in [1.807, 2.05) is 0 Å². The summed E-state index contributed by atoms with van der Waals surface area (Å²) >= 11 is 0. The third-order valence-electron chi connectivity index (χ3n) is 1.26. The summed E-state index contributed by atoms with van der Waals surface area (Å²) < 4.78 is -0.983. The fourth-order valence-electron chi connectivity index (χ4n) is 1.47. The van der Waals surface area contributed by atoms with Gasteiger partial charge in [-0.15, -0.1) is 0 Å². The molecule has 0 radical (unpaired) electrons. The second-order valence-electron chi connectivity index (χ2n) is 4.28. The van der Waals surface area contributed by atoms with Crippen molar-refractivity contribution in [3.8, 4) is 0 Å². The standard InChI is InChI=1S/C3H18NO9P3/c1-14(5,6,7)4(15(2,8,9)10)16(3,11,12)13/h5-13H,1-3H3. The van der Waals surface area contributed by atoms with Crippen LogP contribution in [0.15, 0.2) is 0 Å². The van der Waals surface area contributed by atoms with Crippen molar-refractivity contribution < 1.29 is 44.0 Å². The van der Waals surface area contributed by atoms with Crippen molar-refractivity contribution in [3.05, 3.63) is 0 Å². The predicted octanol–water partition coefficient (Wildman–Crippen LogP) is -2.25. The van der Waals surface area contributed by atoms with E-state index in [1.165, 1.54) is 0 Å². The molecule has 0 atom stereocenters. The first-order valence-electron chi connectivity index (χ1n) is 3.74. The Morgan fingerprint density at radius 3 is 0.625 bits per heavy atom. The summed E-state index contributed by atoms with van der Waals surface area (Å²) in [6.45, 7) is 0.645. The van der Waals surface area contributed by atoms with Gasteiger partial charge in [0.1, 0.15) is 0 Å². The molecule has 0 aliphatic rings. The van der Waals surface area contributed by atoms with Crippen LogP contribution in [0.1, 0.15) is 0 Å². The average Bonchev–Trinajstić information content (AvgIpc) is 1.32. The molecule has 0 spiro atoms. The van der Waals surface area contributed by atoms with Crippen LogP contribution in [0.4, 0.5) is 0 Å². The van der Waals surface area contributed by atoms with Gasteiger partial charge < -0.3 is 0 Å². The van der Waals surface area contributed by atoms with Crippen LogP contribution in [-0.2, 0) is 0 Å². The summed E-state index contributed by atoms with van der Waals surface area (Å²) in [7, 11) is -18.7. The van der Waals surface area contributed by atoms with Gasteiger partial charge in [0.15, 0.2) is 0 Å². The van der Waals surface area contributed by atoms with E-state index in [9.17, 15) is 44.0 Å². The molecule has 0 aromatic carbocycles. The van der Waals surface area contributed by atoms with Crippen LogP contribution in [0.25, 0.3) is 0 Å². The minimum absolute atomic E-state index is 0.215. The molecule has 0 aromatic heterocycles. The molecule has 0 aromatic rings. The average molecular weight is 305 g/mol. The Morgan fingerprint density at radius 1 is 0.500 bits per heavy atom. The monoisotopic (exact) mass is 305 g/mol. The Labute approximate surface area is 91.3 Å². The van der Waals surface area contributed by atoms with Gasteiger partial charge in [-0.05, 0) is 0 Å². The van der Waals surface area contributed by atoms with Crippen LogP contribution < -0.4 is 0 Å². The third kappa shape index (κ3) is 4.64. The normalized spacial score (nSPS) is 22.7. The molecule has 104 valence electrons. The molecule has 0 unspecified atom stereocenters. The summed E-state index contributed by atoms with van der Waals surface area (Å²) in [4.78, 5) is 83.0. The van der Waals surface area contributed by atoms with Crippen molar-refractivity contribution in [2.45, 2.75) is 0 Å². The summed E-state index contributed by atoms with van der Waals surface area (Å²) in [6, 6.07) is 0. The molecule has 0 bridgehead atoms. The minimum atomic E-state index is -6.23. The van der Waals surface area contributed by atoms with Gasteiger partial charge in [0.2, 0.25) is 0 Å². The van der Waals surface area contributed by atoms with Crippen LogP contribution in [0.5, 0.6) is 0 Å². The fraction of sp³-hybridized carbons (Fsp3) is 1.00. The second-order valence-corrected chi connectivity index (χ2v) is 14.4. The molecule has 0 aliphatic heterocycles. The SMILES string of the molecule is CP(O)(O)(O)N(P(C)(O)(O)O)P(C)(O)(O)O. The van der Waals surface area contributed by atoms with E-state index in [-0.39, 0.29) is 20.0 Å². The molecule has 0 heterocycles. The fourth-order valence-corrected chi connectivity index (χ4v) is 13.2. The predicted molar refractivity (Wildman–Crippen MR) is 60.3 cm³/mol. The Kier molecular flexibility index (Phi) is 3.24. The molecule has 16 heavy (non-hydrogen) atoms. The van der Waals surface area contributed by atoms with E-state index in [0.29, 0.717) is 0 Å². The van der Waals surface area contributed by atoms with Crippen LogP contribution in [0, 0.1) is 0 Å². The Morgan fingerprint density at radius 2 is 0.625 bits per heavy atom. The van der Waals surface area contributed by atoms with Gasteiger partial charge in [0.25, 0.3) is 0 Å². The summed E-state index contributed by atoms with van der Waals surface area (Å²) in [5, 5.41) is 0. The van der Waals surface area contributed by atoms with E-state index in [1.54, 1.807) is 0 Å². The van der Waals surface area contributed by atoms with Gasteiger partial charge in [0.05, 0.1) is 0 Å². The molecule has 0 amide bonds. The van der Waals surface area contributed by atoms with Crippen LogP contribution in [0.3, 0.4) is 0 Å². The number of hydrogen-bond donors (Lipinski definition) is 9. The Hall–Kier alpha value is 0.890. The maximum absolute atomic E-state index is 9.22. The number of nitrogens with zero attached hydrogens (tertiary/aromatic N) is 1. The molecule has 13 heteroatoms. The zero-order valence-corrected chi connectivity index (χ0v) is 11.5. The topological polar surface area (TPSA) is 185 Å². The van der Waals surface area contributed by atoms with Gasteiger partial charge in [-0.25, -0.2) is 0 Å². The zero-order chi connectivity index (χ0) is 13.9. The van der Waals surface area contributed by atoms with Gasteiger partial charge in [-0.2, -0.15) is 0 Å². The summed E-state index contributed by atoms with van der Waals surface area (Å²) in [6.07, 6.45) is 0. The molecule has 9 N–H and O–H groups in total. The molecule has 0 saturated carbocycles. The molecular weight excluding hydrogens is 287 g/mol. The quantitative estimate of drug-likeness (QED) is 0.258. The van der Waals surface area contributed by atoms with E-state index < -0.39 is 26.5 Å². The van der Waals surface area contributed by atoms with Crippen molar-refractivity contribution in [3.63, 3.8) is 0 Å². The Bertz CT molecular complexity index is 236. The first-order valence-corrected chi connectivity index (χ1v) is 11.2. The molecule has 0 saturated heterocycles. The van der Waals surface area contributed by atoms with Crippen molar-refractivity contribution in [2.24, 2.45) is 0 Å². The van der Waals surface area contributed by atoms with Crippen LogP contribution >= 0.6 is 22.3 Å². The van der Waals surface area contributed by atoms with Crippen molar-refractivity contribution in [1.29, 1.82) is 0 Å². The summed E-state index contributed by atoms with van der Waals surface area (Å²) in [5.74, 6) is 0. The van der Waals surface area contributed by atoms with E-state index in [0.717, 1.165) is 0 Å². The van der Waals surface area contributed by atoms with Gasteiger partial charge in [0, 0.05) is 0 Å². The van der Waals surface area contributed by atoms with E-state index >= 15 is 0 Å². The summed E-state index contributed by atoms with van der Waals surface area (Å²) in [5.41, 5.74) is 0. The van der Waals surface area contributed by atoms with Crippen molar-refractivity contribution in [2.75, 3.05) is 20.0 Å². The van der Waals surface area contributed by atoms with Crippen molar-refractivity contribution >= 4 is 22.3 Å². The van der Waals surface area contributed by atoms with Crippen LogP contribution in [-0.4, -0.2) is 68.2 Å². The van der Waals surface area contributed by atoms with E-state index in [4.69, 9.17) is 0 Å². The first kappa shape index (κ1) is 16.9. The molecule has 0 rings (SSSR count). The number of hydrogen-bond acceptors (Lipinski definition) is 10. The first-order chi connectivity index (χ1) is 6.14.